The van der Waals surface area contributed by atoms with Gasteiger partial charge < -0.3 is 5.32 Å². The second-order valence-corrected chi connectivity index (χ2v) is 4.55. The van der Waals surface area contributed by atoms with Gasteiger partial charge in [0.05, 0.1) is 0 Å². The largest absolute Gasteiger partial charge is 0.384 e. The lowest BCUT2D eigenvalue weighted by Gasteiger charge is -2.26. The molecule has 2 heteroatoms. The lowest BCUT2D eigenvalue weighted by atomic mass is 9.85. The summed E-state index contributed by atoms with van der Waals surface area (Å²) in [7, 11) is 0. The van der Waals surface area contributed by atoms with Crippen LogP contribution in [0.15, 0.2) is 12.1 Å². The highest BCUT2D eigenvalue weighted by Crippen LogP contribution is 2.27. The van der Waals surface area contributed by atoms with Crippen LogP contribution in [0.25, 0.3) is 0 Å². The molecule has 0 saturated heterocycles. The molecule has 0 aromatic heterocycles. The number of hydrogen-bond acceptors (Lipinski definition) is 1. The molecule has 0 aliphatic heterocycles. The molecule has 1 aromatic carbocycles. The highest BCUT2D eigenvalue weighted by Gasteiger charge is 2.17. The van der Waals surface area contributed by atoms with Crippen LogP contribution >= 0.6 is 0 Å². The Bertz CT molecular complexity index is 356. The van der Waals surface area contributed by atoms with Crippen molar-refractivity contribution in [1.82, 2.24) is 0 Å². The number of aryl methyl sites for hydroxylation is 1. The van der Waals surface area contributed by atoms with Crippen molar-refractivity contribution >= 4 is 5.69 Å². The Kier molecular flexibility index (Phi) is 2.94. The van der Waals surface area contributed by atoms with Gasteiger partial charge in [0.25, 0.3) is 0 Å². The third-order valence-electron chi connectivity index (χ3n) is 3.39. The van der Waals surface area contributed by atoms with Crippen LogP contribution in [0.4, 0.5) is 10.1 Å². The van der Waals surface area contributed by atoms with E-state index in [1.807, 2.05) is 19.1 Å². The molecule has 82 valence electrons. The summed E-state index contributed by atoms with van der Waals surface area (Å²) in [6, 6.07) is 3.82. The van der Waals surface area contributed by atoms with Gasteiger partial charge in [-0.25, -0.2) is 4.39 Å². The van der Waals surface area contributed by atoms with Crippen molar-refractivity contribution in [2.24, 2.45) is 5.92 Å². The Morgan fingerprint density at radius 3 is 2.67 bits per heavy atom. The average Bonchev–Trinajstić information content (AvgIpc) is 2.15. The van der Waals surface area contributed by atoms with Crippen molar-refractivity contribution in [2.75, 3.05) is 11.9 Å². The van der Waals surface area contributed by atoms with Gasteiger partial charge in [0.2, 0.25) is 0 Å². The molecule has 0 atom stereocenters. The molecule has 1 N–H and O–H groups in total. The molecule has 1 aliphatic carbocycles. The summed E-state index contributed by atoms with van der Waals surface area (Å²) >= 11 is 0. The van der Waals surface area contributed by atoms with Crippen molar-refractivity contribution < 1.29 is 4.39 Å². The summed E-state index contributed by atoms with van der Waals surface area (Å²) in [6.07, 6.45) is 3.99. The number of anilines is 1. The summed E-state index contributed by atoms with van der Waals surface area (Å²) in [5.74, 6) is 0.724. The molecule has 0 spiro atoms. The molecule has 1 nitrogen and oxygen atoms in total. The minimum absolute atomic E-state index is 0.0754. The van der Waals surface area contributed by atoms with Crippen molar-refractivity contribution in [3.05, 3.63) is 29.1 Å². The Morgan fingerprint density at radius 1 is 1.33 bits per heavy atom. The molecular formula is C13H18FN. The van der Waals surface area contributed by atoms with E-state index in [-0.39, 0.29) is 5.82 Å². The number of hydrogen-bond donors (Lipinski definition) is 1. The quantitative estimate of drug-likeness (QED) is 0.797. The van der Waals surface area contributed by atoms with E-state index >= 15 is 0 Å². The SMILES string of the molecule is Cc1ccc(NCC2CCC2)c(C)c1F. The van der Waals surface area contributed by atoms with Gasteiger partial charge in [-0.2, -0.15) is 0 Å². The summed E-state index contributed by atoms with van der Waals surface area (Å²) in [5, 5.41) is 3.34. The number of nitrogens with one attached hydrogen (secondary N) is 1. The lowest BCUT2D eigenvalue weighted by Crippen LogP contribution is -2.21. The molecule has 2 rings (SSSR count). The maximum atomic E-state index is 13.6. The van der Waals surface area contributed by atoms with Crippen LogP contribution in [0.2, 0.25) is 0 Å². The molecule has 0 heterocycles. The van der Waals surface area contributed by atoms with Gasteiger partial charge in [0.1, 0.15) is 5.82 Å². The third-order valence-corrected chi connectivity index (χ3v) is 3.39. The van der Waals surface area contributed by atoms with Crippen LogP contribution in [-0.2, 0) is 0 Å². The predicted molar refractivity (Wildman–Crippen MR) is 61.7 cm³/mol. The zero-order chi connectivity index (χ0) is 10.8. The summed E-state index contributed by atoms with van der Waals surface area (Å²) in [5.41, 5.74) is 2.42. The van der Waals surface area contributed by atoms with Gasteiger partial charge in [-0.1, -0.05) is 12.5 Å². The summed E-state index contributed by atoms with van der Waals surface area (Å²) in [4.78, 5) is 0. The van der Waals surface area contributed by atoms with E-state index in [9.17, 15) is 4.39 Å². The van der Waals surface area contributed by atoms with Crippen LogP contribution < -0.4 is 5.32 Å². The van der Waals surface area contributed by atoms with Gasteiger partial charge in [-0.05, 0) is 44.2 Å². The third kappa shape index (κ3) is 2.14. The maximum Gasteiger partial charge on any atom is 0.131 e. The molecule has 15 heavy (non-hydrogen) atoms. The van der Waals surface area contributed by atoms with E-state index in [0.29, 0.717) is 0 Å². The molecule has 1 fully saturated rings. The minimum atomic E-state index is -0.0754. The van der Waals surface area contributed by atoms with Gasteiger partial charge in [-0.15, -0.1) is 0 Å². The minimum Gasteiger partial charge on any atom is -0.384 e. The van der Waals surface area contributed by atoms with E-state index in [1.165, 1.54) is 19.3 Å². The van der Waals surface area contributed by atoms with Crippen LogP contribution in [0.1, 0.15) is 30.4 Å². The molecule has 0 amide bonds. The zero-order valence-electron chi connectivity index (χ0n) is 9.44. The normalized spacial score (nSPS) is 16.2. The summed E-state index contributed by atoms with van der Waals surface area (Å²) in [6.45, 7) is 4.63. The number of rotatable bonds is 3. The first-order valence-electron chi connectivity index (χ1n) is 5.68. The lowest BCUT2D eigenvalue weighted by molar-refractivity contribution is 0.333. The zero-order valence-corrected chi connectivity index (χ0v) is 9.44. The van der Waals surface area contributed by atoms with Crippen molar-refractivity contribution in [3.8, 4) is 0 Å². The second-order valence-electron chi connectivity index (χ2n) is 4.55. The van der Waals surface area contributed by atoms with E-state index in [2.05, 4.69) is 5.32 Å². The van der Waals surface area contributed by atoms with E-state index in [0.717, 1.165) is 29.3 Å². The highest BCUT2D eigenvalue weighted by atomic mass is 19.1. The van der Waals surface area contributed by atoms with E-state index in [1.54, 1.807) is 6.92 Å². The monoisotopic (exact) mass is 207 g/mol. The van der Waals surface area contributed by atoms with Crippen LogP contribution in [-0.4, -0.2) is 6.54 Å². The summed E-state index contributed by atoms with van der Waals surface area (Å²) < 4.78 is 13.6. The van der Waals surface area contributed by atoms with Crippen LogP contribution in [0.3, 0.4) is 0 Å². The van der Waals surface area contributed by atoms with Gasteiger partial charge in [0, 0.05) is 17.8 Å². The number of benzene rings is 1. The molecule has 0 bridgehead atoms. The predicted octanol–water partition coefficient (Wildman–Crippen LogP) is 3.65. The fraction of sp³-hybridized carbons (Fsp3) is 0.538. The topological polar surface area (TPSA) is 12.0 Å². The smallest absolute Gasteiger partial charge is 0.131 e. The molecule has 0 unspecified atom stereocenters. The maximum absolute atomic E-state index is 13.6. The fourth-order valence-corrected chi connectivity index (χ4v) is 1.96. The van der Waals surface area contributed by atoms with Crippen molar-refractivity contribution in [3.63, 3.8) is 0 Å². The second kappa shape index (κ2) is 4.21. The molecule has 1 aliphatic rings. The molecule has 1 saturated carbocycles. The van der Waals surface area contributed by atoms with Gasteiger partial charge in [-0.3, -0.25) is 0 Å². The van der Waals surface area contributed by atoms with Gasteiger partial charge in [0.15, 0.2) is 0 Å². The Morgan fingerprint density at radius 2 is 2.07 bits per heavy atom. The first-order chi connectivity index (χ1) is 7.18. The van der Waals surface area contributed by atoms with Crippen LogP contribution in [0.5, 0.6) is 0 Å². The first kappa shape index (κ1) is 10.5. The van der Waals surface area contributed by atoms with E-state index < -0.39 is 0 Å². The molecule has 0 radical (unpaired) electrons. The first-order valence-corrected chi connectivity index (χ1v) is 5.68. The average molecular weight is 207 g/mol. The number of halogens is 1. The Labute approximate surface area is 90.7 Å². The van der Waals surface area contributed by atoms with Crippen molar-refractivity contribution in [2.45, 2.75) is 33.1 Å². The Balaban J connectivity index is 2.04. The standard InChI is InChI=1S/C13H18FN/c1-9-6-7-12(10(2)13(9)14)15-8-11-4-3-5-11/h6-7,11,15H,3-5,8H2,1-2H3. The highest BCUT2D eigenvalue weighted by molar-refractivity contribution is 5.52. The Hall–Kier alpha value is -1.05. The van der Waals surface area contributed by atoms with E-state index in [4.69, 9.17) is 0 Å². The van der Waals surface area contributed by atoms with Crippen molar-refractivity contribution in [1.29, 1.82) is 0 Å². The molecular weight excluding hydrogens is 189 g/mol. The van der Waals surface area contributed by atoms with Gasteiger partial charge >= 0.3 is 0 Å². The van der Waals surface area contributed by atoms with Crippen LogP contribution in [0, 0.1) is 25.6 Å². The molecule has 1 aromatic rings. The fourth-order valence-electron chi connectivity index (χ4n) is 1.96.